The Labute approximate surface area is 120 Å². The van der Waals surface area contributed by atoms with Gasteiger partial charge < -0.3 is 10.2 Å². The first-order chi connectivity index (χ1) is 9.80. The van der Waals surface area contributed by atoms with Gasteiger partial charge in [0.05, 0.1) is 11.6 Å². The second-order valence-electron chi connectivity index (χ2n) is 4.92. The fraction of sp³-hybridized carbons (Fsp3) is 0.643. The first-order valence-electron chi connectivity index (χ1n) is 7.50. The minimum Gasteiger partial charge on any atom is -0.356 e. The predicted octanol–water partition coefficient (Wildman–Crippen LogP) is 2.80. The monoisotopic (exact) mass is 276 g/mol. The summed E-state index contributed by atoms with van der Waals surface area (Å²) in [6, 6.07) is 0. The molecule has 2 heterocycles. The number of H-pyrrole nitrogens is 1. The molecule has 0 saturated heterocycles. The SMILES string of the molecule is CCCNc1nc(N(CCC)CCC)c2cn[nH]c2n1. The third-order valence-electron chi connectivity index (χ3n) is 3.11. The van der Waals surface area contributed by atoms with Gasteiger partial charge in [-0.05, 0) is 19.3 Å². The first kappa shape index (κ1) is 14.6. The van der Waals surface area contributed by atoms with E-state index in [-0.39, 0.29) is 0 Å². The Morgan fingerprint density at radius 3 is 2.50 bits per heavy atom. The van der Waals surface area contributed by atoms with Crippen LogP contribution in [0.15, 0.2) is 6.20 Å². The van der Waals surface area contributed by atoms with Crippen molar-refractivity contribution >= 4 is 22.8 Å². The highest BCUT2D eigenvalue weighted by Crippen LogP contribution is 2.24. The van der Waals surface area contributed by atoms with Crippen molar-refractivity contribution in [1.29, 1.82) is 0 Å². The quantitative estimate of drug-likeness (QED) is 0.776. The van der Waals surface area contributed by atoms with E-state index in [9.17, 15) is 0 Å². The van der Waals surface area contributed by atoms with Crippen LogP contribution in [0, 0.1) is 0 Å². The summed E-state index contributed by atoms with van der Waals surface area (Å²) in [7, 11) is 0. The minimum atomic E-state index is 0.677. The van der Waals surface area contributed by atoms with Gasteiger partial charge in [-0.25, -0.2) is 0 Å². The van der Waals surface area contributed by atoms with Crippen LogP contribution < -0.4 is 10.2 Å². The molecule has 0 atom stereocenters. The largest absolute Gasteiger partial charge is 0.356 e. The molecule has 6 nitrogen and oxygen atoms in total. The molecule has 0 unspecified atom stereocenters. The maximum Gasteiger partial charge on any atom is 0.226 e. The zero-order valence-electron chi connectivity index (χ0n) is 12.6. The van der Waals surface area contributed by atoms with Crippen LogP contribution in [0.25, 0.3) is 11.0 Å². The highest BCUT2D eigenvalue weighted by Gasteiger charge is 2.14. The Balaban J connectivity index is 2.39. The highest BCUT2D eigenvalue weighted by molar-refractivity contribution is 5.87. The van der Waals surface area contributed by atoms with Gasteiger partial charge in [0.15, 0.2) is 5.65 Å². The van der Waals surface area contributed by atoms with Gasteiger partial charge >= 0.3 is 0 Å². The van der Waals surface area contributed by atoms with E-state index >= 15 is 0 Å². The predicted molar refractivity (Wildman–Crippen MR) is 83.3 cm³/mol. The van der Waals surface area contributed by atoms with Crippen molar-refractivity contribution in [3.05, 3.63) is 6.20 Å². The van der Waals surface area contributed by atoms with E-state index in [1.807, 2.05) is 6.20 Å². The number of fused-ring (bicyclic) bond motifs is 1. The Morgan fingerprint density at radius 2 is 1.85 bits per heavy atom. The number of aromatic nitrogens is 4. The number of nitrogens with one attached hydrogen (secondary N) is 2. The molecule has 0 radical (unpaired) electrons. The van der Waals surface area contributed by atoms with Crippen LogP contribution in [0.2, 0.25) is 0 Å². The summed E-state index contributed by atoms with van der Waals surface area (Å²) in [5.41, 5.74) is 0.797. The molecule has 0 spiro atoms. The van der Waals surface area contributed by atoms with Gasteiger partial charge in [-0.3, -0.25) is 5.10 Å². The van der Waals surface area contributed by atoms with Gasteiger partial charge in [0.25, 0.3) is 0 Å². The van der Waals surface area contributed by atoms with Crippen molar-refractivity contribution < 1.29 is 0 Å². The Kier molecular flexibility index (Phi) is 5.15. The van der Waals surface area contributed by atoms with Crippen molar-refractivity contribution in [3.8, 4) is 0 Å². The highest BCUT2D eigenvalue weighted by atomic mass is 15.3. The number of nitrogens with zero attached hydrogens (tertiary/aromatic N) is 4. The number of aromatic amines is 1. The van der Waals surface area contributed by atoms with Crippen LogP contribution in [-0.2, 0) is 0 Å². The van der Waals surface area contributed by atoms with Gasteiger partial charge in [0, 0.05) is 19.6 Å². The van der Waals surface area contributed by atoms with E-state index in [1.165, 1.54) is 0 Å². The lowest BCUT2D eigenvalue weighted by atomic mass is 10.3. The smallest absolute Gasteiger partial charge is 0.226 e. The van der Waals surface area contributed by atoms with Gasteiger partial charge in [-0.15, -0.1) is 0 Å². The van der Waals surface area contributed by atoms with E-state index in [0.717, 1.165) is 55.7 Å². The fourth-order valence-corrected chi connectivity index (χ4v) is 2.24. The number of anilines is 2. The summed E-state index contributed by atoms with van der Waals surface area (Å²) in [5.74, 6) is 1.65. The van der Waals surface area contributed by atoms with Crippen molar-refractivity contribution in [3.63, 3.8) is 0 Å². The van der Waals surface area contributed by atoms with Crippen LogP contribution in [0.1, 0.15) is 40.0 Å². The molecule has 0 aliphatic carbocycles. The molecule has 2 aromatic heterocycles. The summed E-state index contributed by atoms with van der Waals surface area (Å²) < 4.78 is 0. The van der Waals surface area contributed by atoms with Crippen molar-refractivity contribution in [2.75, 3.05) is 29.9 Å². The lowest BCUT2D eigenvalue weighted by Crippen LogP contribution is -2.26. The lowest BCUT2D eigenvalue weighted by molar-refractivity contribution is 0.736. The van der Waals surface area contributed by atoms with E-state index < -0.39 is 0 Å². The molecule has 2 N–H and O–H groups in total. The zero-order chi connectivity index (χ0) is 14.4. The Hall–Kier alpha value is -1.85. The molecule has 6 heteroatoms. The number of rotatable bonds is 8. The van der Waals surface area contributed by atoms with Crippen LogP contribution in [-0.4, -0.2) is 39.8 Å². The van der Waals surface area contributed by atoms with Gasteiger partial charge in [-0.1, -0.05) is 20.8 Å². The van der Waals surface area contributed by atoms with Crippen molar-refractivity contribution in [2.24, 2.45) is 0 Å². The molecule has 0 aromatic carbocycles. The summed E-state index contributed by atoms with van der Waals surface area (Å²) in [6.45, 7) is 9.37. The van der Waals surface area contributed by atoms with Gasteiger partial charge in [-0.2, -0.15) is 15.1 Å². The van der Waals surface area contributed by atoms with Gasteiger partial charge in [0.1, 0.15) is 5.82 Å². The summed E-state index contributed by atoms with van der Waals surface area (Å²) >= 11 is 0. The number of hydrogen-bond donors (Lipinski definition) is 2. The summed E-state index contributed by atoms with van der Waals surface area (Å²) in [6.07, 6.45) is 5.06. The molecule has 0 saturated carbocycles. The van der Waals surface area contributed by atoms with Crippen LogP contribution in [0.4, 0.5) is 11.8 Å². The molecule has 0 aliphatic rings. The molecule has 110 valence electrons. The average Bonchev–Trinajstić information content (AvgIpc) is 2.92. The molecular formula is C14H24N6. The summed E-state index contributed by atoms with van der Waals surface area (Å²) in [5, 5.41) is 11.3. The fourth-order valence-electron chi connectivity index (χ4n) is 2.24. The van der Waals surface area contributed by atoms with Crippen LogP contribution in [0.5, 0.6) is 0 Å². The third kappa shape index (κ3) is 3.18. The van der Waals surface area contributed by atoms with E-state index in [0.29, 0.717) is 5.95 Å². The van der Waals surface area contributed by atoms with E-state index in [2.05, 4.69) is 46.2 Å². The zero-order valence-corrected chi connectivity index (χ0v) is 12.6. The Bertz CT molecular complexity index is 529. The molecule has 2 aromatic rings. The molecule has 2 rings (SSSR count). The van der Waals surface area contributed by atoms with E-state index in [1.54, 1.807) is 0 Å². The van der Waals surface area contributed by atoms with Crippen molar-refractivity contribution in [1.82, 2.24) is 20.2 Å². The topological polar surface area (TPSA) is 69.7 Å². The van der Waals surface area contributed by atoms with Crippen LogP contribution in [0.3, 0.4) is 0 Å². The second-order valence-corrected chi connectivity index (χ2v) is 4.92. The molecular weight excluding hydrogens is 252 g/mol. The minimum absolute atomic E-state index is 0.677. The Morgan fingerprint density at radius 1 is 1.10 bits per heavy atom. The summed E-state index contributed by atoms with van der Waals surface area (Å²) in [4.78, 5) is 11.5. The maximum absolute atomic E-state index is 4.69. The lowest BCUT2D eigenvalue weighted by Gasteiger charge is -2.23. The molecule has 20 heavy (non-hydrogen) atoms. The van der Waals surface area contributed by atoms with Crippen LogP contribution >= 0.6 is 0 Å². The first-order valence-corrected chi connectivity index (χ1v) is 7.50. The molecule has 0 amide bonds. The standard InChI is InChI=1S/C14H24N6/c1-4-7-15-14-17-12-11(10-16-19-12)13(18-14)20(8-5-2)9-6-3/h10H,4-9H2,1-3H3,(H2,15,16,17,18,19). The molecule has 0 bridgehead atoms. The van der Waals surface area contributed by atoms with Crippen molar-refractivity contribution in [2.45, 2.75) is 40.0 Å². The molecule has 0 aliphatic heterocycles. The average molecular weight is 276 g/mol. The molecule has 0 fully saturated rings. The number of hydrogen-bond acceptors (Lipinski definition) is 5. The normalized spacial score (nSPS) is 10.9. The van der Waals surface area contributed by atoms with Gasteiger partial charge in [0.2, 0.25) is 5.95 Å². The van der Waals surface area contributed by atoms with E-state index in [4.69, 9.17) is 4.98 Å². The maximum atomic E-state index is 4.69. The third-order valence-corrected chi connectivity index (χ3v) is 3.11. The second kappa shape index (κ2) is 7.07.